The van der Waals surface area contributed by atoms with E-state index in [2.05, 4.69) is 35.5 Å². The van der Waals surface area contributed by atoms with Crippen molar-refractivity contribution in [2.45, 2.75) is 50.8 Å². The third kappa shape index (κ3) is 3.22. The Bertz CT molecular complexity index is 460. The maximum Gasteiger partial charge on any atom is 0.0667 e. The lowest BCUT2D eigenvalue weighted by molar-refractivity contribution is 0.0668. The molecule has 1 aromatic carbocycles. The first-order valence-electron chi connectivity index (χ1n) is 7.93. The molecule has 0 spiro atoms. The summed E-state index contributed by atoms with van der Waals surface area (Å²) in [4.78, 5) is 2.38. The third-order valence-corrected chi connectivity index (χ3v) is 4.79. The highest BCUT2D eigenvalue weighted by molar-refractivity contribution is 5.34. The molecule has 1 fully saturated rings. The van der Waals surface area contributed by atoms with Crippen LogP contribution >= 0.6 is 0 Å². The number of hydrogen-bond donors (Lipinski definition) is 2. The molecule has 2 N–H and O–H groups in total. The number of hydrogen-bond acceptors (Lipinski definition) is 3. The molecule has 0 bridgehead atoms. The van der Waals surface area contributed by atoms with Gasteiger partial charge in [0.2, 0.25) is 0 Å². The largest absolute Gasteiger partial charge is 0.392 e. The van der Waals surface area contributed by atoms with Crippen molar-refractivity contribution in [1.29, 1.82) is 0 Å². The fourth-order valence-corrected chi connectivity index (χ4v) is 3.59. The standard InChI is InChI=1S/C17H26N2O/c1-18-16-7-6-14-9-13(4-5-15(14)10-16)11-19-8-2-3-17(20)12-19/h4-5,9,16-18,20H,2-3,6-8,10-12H2,1H3. The Hall–Kier alpha value is -0.900. The van der Waals surface area contributed by atoms with E-state index in [-0.39, 0.29) is 6.10 Å². The second-order valence-electron chi connectivity index (χ2n) is 6.36. The average Bonchev–Trinajstić information content (AvgIpc) is 2.47. The lowest BCUT2D eigenvalue weighted by Crippen LogP contribution is -2.37. The summed E-state index contributed by atoms with van der Waals surface area (Å²) in [7, 11) is 2.06. The van der Waals surface area contributed by atoms with E-state index in [9.17, 15) is 5.11 Å². The summed E-state index contributed by atoms with van der Waals surface area (Å²) in [6.45, 7) is 2.94. The van der Waals surface area contributed by atoms with Crippen LogP contribution in [-0.4, -0.2) is 42.3 Å². The van der Waals surface area contributed by atoms with Crippen molar-refractivity contribution in [2.24, 2.45) is 0 Å². The van der Waals surface area contributed by atoms with Gasteiger partial charge >= 0.3 is 0 Å². The molecule has 3 rings (SSSR count). The first-order valence-corrected chi connectivity index (χ1v) is 7.93. The van der Waals surface area contributed by atoms with Crippen LogP contribution in [0.15, 0.2) is 18.2 Å². The number of fused-ring (bicyclic) bond motifs is 1. The number of likely N-dealkylation sites (N-methyl/N-ethyl adjacent to an activating group) is 1. The van der Waals surface area contributed by atoms with Crippen LogP contribution in [-0.2, 0) is 19.4 Å². The number of nitrogens with zero attached hydrogens (tertiary/aromatic N) is 1. The van der Waals surface area contributed by atoms with Crippen LogP contribution < -0.4 is 5.32 Å². The molecule has 2 aliphatic rings. The van der Waals surface area contributed by atoms with Crippen LogP contribution in [0, 0.1) is 0 Å². The normalized spacial score (nSPS) is 27.3. The maximum atomic E-state index is 9.76. The molecule has 0 amide bonds. The minimum atomic E-state index is -0.127. The van der Waals surface area contributed by atoms with Gasteiger partial charge in [0.25, 0.3) is 0 Å². The van der Waals surface area contributed by atoms with Gasteiger partial charge in [-0.1, -0.05) is 18.2 Å². The van der Waals surface area contributed by atoms with Gasteiger partial charge in [0.1, 0.15) is 0 Å². The van der Waals surface area contributed by atoms with Crippen molar-refractivity contribution < 1.29 is 5.11 Å². The molecule has 1 saturated heterocycles. The Labute approximate surface area is 122 Å². The predicted octanol–water partition coefficient (Wildman–Crippen LogP) is 1.72. The van der Waals surface area contributed by atoms with E-state index in [0.717, 1.165) is 38.9 Å². The molecular weight excluding hydrogens is 248 g/mol. The zero-order chi connectivity index (χ0) is 13.9. The zero-order valence-corrected chi connectivity index (χ0v) is 12.4. The Morgan fingerprint density at radius 2 is 2.20 bits per heavy atom. The summed E-state index contributed by atoms with van der Waals surface area (Å²) in [5.74, 6) is 0. The number of aliphatic hydroxyl groups excluding tert-OH is 1. The van der Waals surface area contributed by atoms with E-state index in [4.69, 9.17) is 0 Å². The minimum Gasteiger partial charge on any atom is -0.392 e. The molecule has 3 nitrogen and oxygen atoms in total. The molecule has 3 heteroatoms. The Balaban J connectivity index is 1.66. The summed E-state index contributed by atoms with van der Waals surface area (Å²) in [5.41, 5.74) is 4.45. The second kappa shape index (κ2) is 6.25. The predicted molar refractivity (Wildman–Crippen MR) is 81.8 cm³/mol. The van der Waals surface area contributed by atoms with E-state index >= 15 is 0 Å². The average molecular weight is 274 g/mol. The number of rotatable bonds is 3. The number of benzene rings is 1. The number of aryl methyl sites for hydroxylation is 1. The highest BCUT2D eigenvalue weighted by Crippen LogP contribution is 2.23. The van der Waals surface area contributed by atoms with E-state index in [0.29, 0.717) is 6.04 Å². The van der Waals surface area contributed by atoms with Crippen LogP contribution in [0.5, 0.6) is 0 Å². The fraction of sp³-hybridized carbons (Fsp3) is 0.647. The van der Waals surface area contributed by atoms with Gasteiger partial charge in [-0.15, -0.1) is 0 Å². The molecule has 0 radical (unpaired) electrons. The molecule has 20 heavy (non-hydrogen) atoms. The van der Waals surface area contributed by atoms with Gasteiger partial charge in [0.05, 0.1) is 6.10 Å². The van der Waals surface area contributed by atoms with E-state index in [1.54, 1.807) is 0 Å². The highest BCUT2D eigenvalue weighted by Gasteiger charge is 2.20. The van der Waals surface area contributed by atoms with Crippen molar-refractivity contribution in [2.75, 3.05) is 20.1 Å². The van der Waals surface area contributed by atoms with Gasteiger partial charge in [-0.25, -0.2) is 0 Å². The van der Waals surface area contributed by atoms with Crippen molar-refractivity contribution in [3.05, 3.63) is 34.9 Å². The zero-order valence-electron chi connectivity index (χ0n) is 12.4. The molecule has 0 saturated carbocycles. The lowest BCUT2D eigenvalue weighted by atomic mass is 9.87. The molecule has 1 aromatic rings. The summed E-state index contributed by atoms with van der Waals surface area (Å²) >= 11 is 0. The quantitative estimate of drug-likeness (QED) is 0.881. The first kappa shape index (κ1) is 14.1. The van der Waals surface area contributed by atoms with Crippen molar-refractivity contribution in [3.8, 4) is 0 Å². The van der Waals surface area contributed by atoms with E-state index < -0.39 is 0 Å². The topological polar surface area (TPSA) is 35.5 Å². The molecule has 0 aromatic heterocycles. The van der Waals surface area contributed by atoms with Crippen molar-refractivity contribution >= 4 is 0 Å². The van der Waals surface area contributed by atoms with Gasteiger partial charge in [0, 0.05) is 19.1 Å². The summed E-state index contributed by atoms with van der Waals surface area (Å²) in [5, 5.41) is 13.2. The smallest absolute Gasteiger partial charge is 0.0667 e. The highest BCUT2D eigenvalue weighted by atomic mass is 16.3. The maximum absolute atomic E-state index is 9.76. The molecule has 1 aliphatic carbocycles. The Kier molecular flexibility index (Phi) is 4.39. The lowest BCUT2D eigenvalue weighted by Gasteiger charge is -2.30. The summed E-state index contributed by atoms with van der Waals surface area (Å²) in [6, 6.07) is 7.62. The van der Waals surface area contributed by atoms with Crippen molar-refractivity contribution in [3.63, 3.8) is 0 Å². The van der Waals surface area contributed by atoms with E-state index in [1.807, 2.05) is 0 Å². The van der Waals surface area contributed by atoms with Gasteiger partial charge in [-0.3, -0.25) is 4.90 Å². The SMILES string of the molecule is CNC1CCc2cc(CN3CCCC(O)C3)ccc2C1. The molecule has 110 valence electrons. The Morgan fingerprint density at radius 3 is 3.00 bits per heavy atom. The van der Waals surface area contributed by atoms with Gasteiger partial charge in [0.15, 0.2) is 0 Å². The fourth-order valence-electron chi connectivity index (χ4n) is 3.59. The van der Waals surface area contributed by atoms with Crippen LogP contribution in [0.25, 0.3) is 0 Å². The van der Waals surface area contributed by atoms with Crippen LogP contribution in [0.2, 0.25) is 0 Å². The molecule has 1 aliphatic heterocycles. The molecule has 2 atom stereocenters. The molecule has 1 heterocycles. The minimum absolute atomic E-state index is 0.127. The molecule has 2 unspecified atom stereocenters. The molecular formula is C17H26N2O. The van der Waals surface area contributed by atoms with E-state index in [1.165, 1.54) is 29.5 Å². The van der Waals surface area contributed by atoms with Crippen LogP contribution in [0.1, 0.15) is 36.0 Å². The Morgan fingerprint density at radius 1 is 1.30 bits per heavy atom. The number of nitrogens with one attached hydrogen (secondary N) is 1. The number of aliphatic hydroxyl groups is 1. The van der Waals surface area contributed by atoms with Crippen LogP contribution in [0.3, 0.4) is 0 Å². The van der Waals surface area contributed by atoms with Gasteiger partial charge in [-0.05, 0) is 62.4 Å². The number of piperidine rings is 1. The van der Waals surface area contributed by atoms with Crippen molar-refractivity contribution in [1.82, 2.24) is 10.2 Å². The van der Waals surface area contributed by atoms with Gasteiger partial charge in [-0.2, -0.15) is 0 Å². The summed E-state index contributed by atoms with van der Waals surface area (Å²) < 4.78 is 0. The third-order valence-electron chi connectivity index (χ3n) is 4.79. The first-order chi connectivity index (χ1) is 9.74. The number of likely N-dealkylation sites (tertiary alicyclic amines) is 1. The summed E-state index contributed by atoms with van der Waals surface area (Å²) in [6.07, 6.45) is 5.56. The van der Waals surface area contributed by atoms with Crippen LogP contribution in [0.4, 0.5) is 0 Å². The second-order valence-corrected chi connectivity index (χ2v) is 6.36. The number of β-amino-alcohol motifs (C(OH)–C–C–N with tert-alkyl or cyclic N) is 1. The van der Waals surface area contributed by atoms with Gasteiger partial charge < -0.3 is 10.4 Å². The monoisotopic (exact) mass is 274 g/mol.